The van der Waals surface area contributed by atoms with E-state index in [4.69, 9.17) is 19.7 Å². The minimum atomic E-state index is -0.691. The van der Waals surface area contributed by atoms with Crippen LogP contribution in [0.25, 0.3) is 10.4 Å². The largest absolute Gasteiger partial charge is 0.459 e. The van der Waals surface area contributed by atoms with Crippen molar-refractivity contribution in [3.8, 4) is 0 Å². The number of ether oxygens (including phenoxy) is 3. The molecular weight excluding hydrogens is 400 g/mol. The summed E-state index contributed by atoms with van der Waals surface area (Å²) in [5, 5.41) is 3.49. The van der Waals surface area contributed by atoms with E-state index < -0.39 is 23.7 Å². The fourth-order valence-electron chi connectivity index (χ4n) is 4.00. The second-order valence-corrected chi connectivity index (χ2v) is 9.14. The molecule has 0 N–H and O–H groups in total. The van der Waals surface area contributed by atoms with Gasteiger partial charge in [0.05, 0.1) is 6.61 Å². The molecule has 2 aliphatic rings. The van der Waals surface area contributed by atoms with E-state index in [1.54, 1.807) is 25.7 Å². The van der Waals surface area contributed by atoms with Crippen molar-refractivity contribution in [1.82, 2.24) is 4.90 Å². The highest BCUT2D eigenvalue weighted by Crippen LogP contribution is 2.60. The van der Waals surface area contributed by atoms with Crippen LogP contribution in [0.4, 0.5) is 4.79 Å². The Morgan fingerprint density at radius 3 is 2.68 bits per heavy atom. The Labute approximate surface area is 182 Å². The third-order valence-corrected chi connectivity index (χ3v) is 5.52. The van der Waals surface area contributed by atoms with E-state index in [1.807, 2.05) is 30.3 Å². The topological polar surface area (TPSA) is 114 Å². The second-order valence-electron chi connectivity index (χ2n) is 9.14. The molecule has 1 saturated heterocycles. The zero-order valence-corrected chi connectivity index (χ0v) is 18.3. The van der Waals surface area contributed by atoms with Crippen LogP contribution in [0.15, 0.2) is 35.4 Å². The van der Waals surface area contributed by atoms with Crippen LogP contribution in [0.5, 0.6) is 0 Å². The molecule has 1 aromatic carbocycles. The predicted molar refractivity (Wildman–Crippen MR) is 113 cm³/mol. The molecule has 9 heteroatoms. The van der Waals surface area contributed by atoms with Gasteiger partial charge >= 0.3 is 12.1 Å². The molecule has 9 nitrogen and oxygen atoms in total. The molecule has 0 radical (unpaired) electrons. The quantitative estimate of drug-likeness (QED) is 0.191. The van der Waals surface area contributed by atoms with E-state index in [2.05, 4.69) is 10.0 Å². The third kappa shape index (κ3) is 5.89. The highest BCUT2D eigenvalue weighted by molar-refractivity contribution is 5.83. The first-order valence-corrected chi connectivity index (χ1v) is 10.6. The molecule has 1 aromatic rings. The van der Waals surface area contributed by atoms with Crippen molar-refractivity contribution in [2.24, 2.45) is 10.5 Å². The van der Waals surface area contributed by atoms with Crippen molar-refractivity contribution in [3.05, 3.63) is 46.3 Å². The number of azide groups is 1. The van der Waals surface area contributed by atoms with Crippen LogP contribution in [0.3, 0.4) is 0 Å². The summed E-state index contributed by atoms with van der Waals surface area (Å²) in [6.07, 6.45) is 1.39. The standard InChI is InChI=1S/C22H30N4O5/c1-21(2,3)31-20(28)26-17(19(27)30-14-16-8-5-4-6-9-16)12-22(13-18(22)26)15-29-11-7-10-24-25-23/h4-6,8-9,17-18H,7,10-15H2,1-3H3/t17-,18-,22+/m0/s1. The molecule has 3 atom stereocenters. The number of carbonyl (C=O) groups is 2. The van der Waals surface area contributed by atoms with E-state index in [1.165, 1.54) is 0 Å². The number of piperidine rings is 1. The van der Waals surface area contributed by atoms with Gasteiger partial charge in [-0.15, -0.1) is 0 Å². The van der Waals surface area contributed by atoms with Gasteiger partial charge in [-0.05, 0) is 51.1 Å². The Balaban J connectivity index is 1.63. The summed E-state index contributed by atoms with van der Waals surface area (Å²) in [5.41, 5.74) is 8.30. The van der Waals surface area contributed by atoms with Gasteiger partial charge in [-0.1, -0.05) is 35.4 Å². The molecule has 3 rings (SSSR count). The summed E-state index contributed by atoms with van der Waals surface area (Å²) in [6, 6.07) is 8.65. The maximum absolute atomic E-state index is 12.9. The molecule has 1 heterocycles. The Bertz CT molecular complexity index is 834. The molecule has 0 spiro atoms. The summed E-state index contributed by atoms with van der Waals surface area (Å²) >= 11 is 0. The predicted octanol–water partition coefficient (Wildman–Crippen LogP) is 4.21. The molecule has 0 aromatic heterocycles. The molecule has 1 aliphatic carbocycles. The van der Waals surface area contributed by atoms with Crippen molar-refractivity contribution in [1.29, 1.82) is 0 Å². The van der Waals surface area contributed by atoms with Gasteiger partial charge in [0.1, 0.15) is 18.2 Å². The molecule has 2 fully saturated rings. The number of likely N-dealkylation sites (tertiary alicyclic amines) is 1. The molecule has 1 aliphatic heterocycles. The summed E-state index contributed by atoms with van der Waals surface area (Å²) in [5.74, 6) is -0.426. The number of esters is 1. The van der Waals surface area contributed by atoms with Crippen LogP contribution in [0, 0.1) is 5.41 Å². The lowest BCUT2D eigenvalue weighted by atomic mass is 10.0. The first-order valence-electron chi connectivity index (χ1n) is 10.6. The number of hydrogen-bond acceptors (Lipinski definition) is 6. The Morgan fingerprint density at radius 1 is 1.26 bits per heavy atom. The fraction of sp³-hybridized carbons (Fsp3) is 0.636. The number of carbonyl (C=O) groups excluding carboxylic acids is 2. The first-order chi connectivity index (χ1) is 14.8. The molecule has 1 saturated carbocycles. The van der Waals surface area contributed by atoms with Crippen LogP contribution in [0.1, 0.15) is 45.6 Å². The van der Waals surface area contributed by atoms with Gasteiger partial charge in [0.15, 0.2) is 0 Å². The molecule has 31 heavy (non-hydrogen) atoms. The average Bonchev–Trinajstić information content (AvgIpc) is 3.31. The maximum Gasteiger partial charge on any atom is 0.411 e. The zero-order chi connectivity index (χ0) is 22.5. The summed E-state index contributed by atoms with van der Waals surface area (Å²) in [7, 11) is 0. The van der Waals surface area contributed by atoms with Gasteiger partial charge in [-0.2, -0.15) is 0 Å². The smallest absolute Gasteiger partial charge is 0.411 e. The van der Waals surface area contributed by atoms with E-state index >= 15 is 0 Å². The third-order valence-electron chi connectivity index (χ3n) is 5.52. The lowest BCUT2D eigenvalue weighted by Crippen LogP contribution is -2.46. The van der Waals surface area contributed by atoms with Gasteiger partial charge in [-0.25, -0.2) is 9.59 Å². The number of fused-ring (bicyclic) bond motifs is 1. The minimum Gasteiger partial charge on any atom is -0.459 e. The summed E-state index contributed by atoms with van der Waals surface area (Å²) in [6.45, 7) is 6.85. The Hall–Kier alpha value is -2.77. The number of nitrogens with zero attached hydrogens (tertiary/aromatic N) is 4. The van der Waals surface area contributed by atoms with Crippen molar-refractivity contribution >= 4 is 12.1 Å². The SMILES string of the molecule is CC(C)(C)OC(=O)N1[C@H]2C[C@@]2(COCCCN=[N+]=[N-])C[C@H]1C(=O)OCc1ccccc1. The van der Waals surface area contributed by atoms with Crippen molar-refractivity contribution < 1.29 is 23.8 Å². The van der Waals surface area contributed by atoms with E-state index in [0.29, 0.717) is 32.6 Å². The summed E-state index contributed by atoms with van der Waals surface area (Å²) < 4.78 is 16.9. The Morgan fingerprint density at radius 2 is 2.00 bits per heavy atom. The van der Waals surface area contributed by atoms with Crippen LogP contribution < -0.4 is 0 Å². The highest BCUT2D eigenvalue weighted by Gasteiger charge is 2.68. The van der Waals surface area contributed by atoms with Gasteiger partial charge in [0.2, 0.25) is 0 Å². The van der Waals surface area contributed by atoms with Gasteiger partial charge in [-0.3, -0.25) is 4.90 Å². The average molecular weight is 431 g/mol. The number of hydrogen-bond donors (Lipinski definition) is 0. The first kappa shape index (κ1) is 22.9. The van der Waals surface area contributed by atoms with Crippen LogP contribution in [0.2, 0.25) is 0 Å². The van der Waals surface area contributed by atoms with Gasteiger partial charge < -0.3 is 14.2 Å². The number of amides is 1. The molecular formula is C22H30N4O5. The maximum atomic E-state index is 12.9. The van der Waals surface area contributed by atoms with E-state index in [0.717, 1.165) is 12.0 Å². The van der Waals surface area contributed by atoms with Crippen LogP contribution in [-0.2, 0) is 25.6 Å². The molecule has 168 valence electrons. The van der Waals surface area contributed by atoms with E-state index in [9.17, 15) is 9.59 Å². The fourth-order valence-corrected chi connectivity index (χ4v) is 4.00. The highest BCUT2D eigenvalue weighted by atomic mass is 16.6. The molecule has 0 unspecified atom stereocenters. The van der Waals surface area contributed by atoms with Crippen molar-refractivity contribution in [2.45, 2.75) is 64.3 Å². The number of benzene rings is 1. The lowest BCUT2D eigenvalue weighted by molar-refractivity contribution is -0.150. The van der Waals surface area contributed by atoms with Crippen LogP contribution in [-0.4, -0.2) is 54.4 Å². The number of rotatable bonds is 9. The van der Waals surface area contributed by atoms with Gasteiger partial charge in [0, 0.05) is 29.5 Å². The van der Waals surface area contributed by atoms with Gasteiger partial charge in [0.25, 0.3) is 0 Å². The zero-order valence-electron chi connectivity index (χ0n) is 18.3. The second kappa shape index (κ2) is 9.58. The summed E-state index contributed by atoms with van der Waals surface area (Å²) in [4.78, 5) is 30.0. The lowest BCUT2D eigenvalue weighted by Gasteiger charge is -2.29. The van der Waals surface area contributed by atoms with Crippen molar-refractivity contribution in [3.63, 3.8) is 0 Å². The molecule has 1 amide bonds. The van der Waals surface area contributed by atoms with Crippen molar-refractivity contribution in [2.75, 3.05) is 19.8 Å². The Kier molecular flexibility index (Phi) is 7.08. The van der Waals surface area contributed by atoms with Crippen LogP contribution >= 0.6 is 0 Å². The van der Waals surface area contributed by atoms with E-state index in [-0.39, 0.29) is 18.1 Å². The molecule has 0 bridgehead atoms. The minimum absolute atomic E-state index is 0.103. The monoisotopic (exact) mass is 430 g/mol. The normalized spacial score (nSPS) is 24.2.